The highest BCUT2D eigenvalue weighted by Crippen LogP contribution is 2.18. The van der Waals surface area contributed by atoms with E-state index in [9.17, 15) is 28.0 Å². The number of nitrogens with zero attached hydrogens (tertiary/aromatic N) is 3. The van der Waals surface area contributed by atoms with Gasteiger partial charge >= 0.3 is 5.69 Å². The molecule has 1 saturated heterocycles. The van der Waals surface area contributed by atoms with E-state index >= 15 is 0 Å². The molecular formula is C21H25F2N5O4. The number of ketones is 1. The molecular weight excluding hydrogens is 424 g/mol. The molecule has 32 heavy (non-hydrogen) atoms. The van der Waals surface area contributed by atoms with Crippen molar-refractivity contribution in [2.24, 2.45) is 5.73 Å². The average Bonchev–Trinajstić information content (AvgIpc) is 2.74. The molecule has 1 unspecified atom stereocenters. The van der Waals surface area contributed by atoms with Crippen molar-refractivity contribution in [3.8, 4) is 0 Å². The van der Waals surface area contributed by atoms with Crippen molar-refractivity contribution in [3.63, 3.8) is 0 Å². The number of carbonyl (C=O) groups excluding carboxylic acids is 2. The first-order chi connectivity index (χ1) is 15.1. The molecule has 172 valence electrons. The van der Waals surface area contributed by atoms with E-state index in [1.54, 1.807) is 11.8 Å². The zero-order valence-corrected chi connectivity index (χ0v) is 17.6. The van der Waals surface area contributed by atoms with Gasteiger partial charge in [-0.3, -0.25) is 28.4 Å². The van der Waals surface area contributed by atoms with Crippen LogP contribution in [0.25, 0.3) is 0 Å². The maximum absolute atomic E-state index is 13.6. The predicted molar refractivity (Wildman–Crippen MR) is 113 cm³/mol. The molecule has 1 atom stereocenters. The molecule has 0 radical (unpaired) electrons. The summed E-state index contributed by atoms with van der Waals surface area (Å²) in [6, 6.07) is 2.47. The van der Waals surface area contributed by atoms with E-state index in [0.29, 0.717) is 13.0 Å². The van der Waals surface area contributed by atoms with Crippen molar-refractivity contribution in [2.75, 3.05) is 18.8 Å². The van der Waals surface area contributed by atoms with Crippen molar-refractivity contribution >= 4 is 17.5 Å². The number of nitrogens with two attached hydrogens (primary N) is 2. The largest absolute Gasteiger partial charge is 0.384 e. The molecule has 1 amide bonds. The molecule has 9 nitrogen and oxygen atoms in total. The second-order valence-corrected chi connectivity index (χ2v) is 7.73. The van der Waals surface area contributed by atoms with Crippen LogP contribution in [-0.2, 0) is 17.9 Å². The van der Waals surface area contributed by atoms with Gasteiger partial charge in [-0.15, -0.1) is 0 Å². The number of anilines is 1. The first-order valence-corrected chi connectivity index (χ1v) is 10.3. The number of rotatable bonds is 7. The molecule has 0 spiro atoms. The van der Waals surface area contributed by atoms with Gasteiger partial charge in [0.1, 0.15) is 11.4 Å². The van der Waals surface area contributed by atoms with Gasteiger partial charge in [-0.2, -0.15) is 0 Å². The fourth-order valence-electron chi connectivity index (χ4n) is 4.00. The molecule has 1 fully saturated rings. The number of nitrogen functional groups attached to an aromatic ring is 1. The topological polar surface area (TPSA) is 133 Å². The van der Waals surface area contributed by atoms with Gasteiger partial charge in [0.25, 0.3) is 5.56 Å². The Kier molecular flexibility index (Phi) is 6.87. The molecule has 11 heteroatoms. The quantitative estimate of drug-likeness (QED) is 0.590. The molecule has 1 aromatic heterocycles. The summed E-state index contributed by atoms with van der Waals surface area (Å²) in [4.78, 5) is 52.1. The Bertz CT molecular complexity index is 1170. The number of piperidine rings is 1. The third-order valence-electron chi connectivity index (χ3n) is 5.68. The average molecular weight is 449 g/mol. The van der Waals surface area contributed by atoms with Crippen LogP contribution in [-0.4, -0.2) is 44.9 Å². The second-order valence-electron chi connectivity index (χ2n) is 7.73. The molecule has 1 aliphatic rings. The van der Waals surface area contributed by atoms with E-state index in [1.807, 2.05) is 0 Å². The maximum atomic E-state index is 13.6. The fraction of sp³-hybridized carbons (Fsp3) is 0.429. The van der Waals surface area contributed by atoms with Gasteiger partial charge < -0.3 is 11.5 Å². The third-order valence-corrected chi connectivity index (χ3v) is 5.68. The molecule has 2 aromatic rings. The van der Waals surface area contributed by atoms with Gasteiger partial charge in [-0.25, -0.2) is 13.6 Å². The smallest absolute Gasteiger partial charge is 0.332 e. The Balaban J connectivity index is 2.03. The first-order valence-electron chi connectivity index (χ1n) is 10.3. The van der Waals surface area contributed by atoms with E-state index in [1.165, 1.54) is 6.07 Å². The van der Waals surface area contributed by atoms with E-state index in [0.717, 1.165) is 34.1 Å². The van der Waals surface area contributed by atoms with Crippen LogP contribution < -0.4 is 22.7 Å². The number of hydrogen-bond donors (Lipinski definition) is 2. The Morgan fingerprint density at radius 2 is 1.84 bits per heavy atom. The van der Waals surface area contributed by atoms with Crippen LogP contribution in [0.1, 0.15) is 42.1 Å². The molecule has 0 saturated carbocycles. The number of benzene rings is 1. The van der Waals surface area contributed by atoms with E-state index in [2.05, 4.69) is 0 Å². The number of likely N-dealkylation sites (tertiary alicyclic amines) is 1. The number of hydrogen-bond acceptors (Lipinski definition) is 6. The highest BCUT2D eigenvalue weighted by Gasteiger charge is 2.31. The number of aromatic nitrogens is 2. The lowest BCUT2D eigenvalue weighted by Crippen LogP contribution is -2.51. The minimum Gasteiger partial charge on any atom is -0.384 e. The summed E-state index contributed by atoms with van der Waals surface area (Å²) < 4.78 is 28.7. The highest BCUT2D eigenvalue weighted by molar-refractivity contribution is 6.01. The van der Waals surface area contributed by atoms with E-state index in [4.69, 9.17) is 11.5 Å². The fourth-order valence-corrected chi connectivity index (χ4v) is 4.00. The van der Waals surface area contributed by atoms with E-state index < -0.39 is 40.6 Å². The van der Waals surface area contributed by atoms with Crippen LogP contribution >= 0.6 is 0 Å². The Morgan fingerprint density at radius 3 is 2.47 bits per heavy atom. The van der Waals surface area contributed by atoms with Crippen LogP contribution in [0, 0.1) is 11.6 Å². The molecule has 3 rings (SSSR count). The van der Waals surface area contributed by atoms with Crippen molar-refractivity contribution in [1.29, 1.82) is 0 Å². The zero-order chi connectivity index (χ0) is 23.6. The summed E-state index contributed by atoms with van der Waals surface area (Å²) in [7, 11) is 0. The molecule has 0 bridgehead atoms. The lowest BCUT2D eigenvalue weighted by molar-refractivity contribution is -0.124. The van der Waals surface area contributed by atoms with Crippen LogP contribution in [0.3, 0.4) is 0 Å². The molecule has 4 N–H and O–H groups in total. The lowest BCUT2D eigenvalue weighted by atomic mass is 10.0. The maximum Gasteiger partial charge on any atom is 0.332 e. The number of primary amides is 1. The van der Waals surface area contributed by atoms with Gasteiger partial charge in [-0.1, -0.05) is 12.5 Å². The van der Waals surface area contributed by atoms with Gasteiger partial charge in [0.15, 0.2) is 17.4 Å². The van der Waals surface area contributed by atoms with Gasteiger partial charge in [0.05, 0.1) is 19.1 Å². The first kappa shape index (κ1) is 23.3. The molecule has 0 aliphatic carbocycles. The second kappa shape index (κ2) is 9.43. The Hall–Kier alpha value is -3.34. The third kappa shape index (κ3) is 4.47. The van der Waals surface area contributed by atoms with Crippen LogP contribution in [0.4, 0.5) is 14.6 Å². The van der Waals surface area contributed by atoms with Crippen molar-refractivity contribution in [2.45, 2.75) is 45.3 Å². The summed E-state index contributed by atoms with van der Waals surface area (Å²) in [6.07, 6.45) is 2.07. The summed E-state index contributed by atoms with van der Waals surface area (Å²) in [5, 5.41) is 0. The summed E-state index contributed by atoms with van der Waals surface area (Å²) in [5.74, 6) is -3.72. The lowest BCUT2D eigenvalue weighted by Gasteiger charge is -2.33. The minimum absolute atomic E-state index is 0.0242. The number of Topliss-reactive ketones (excluding diaryl/α,β-unsaturated/α-hetero) is 1. The SMILES string of the molecule is CCn1c(=O)c(C(=O)CN2CCCCC2C(N)=O)c(N)n(Cc2ccc(F)c(F)c2)c1=O. The van der Waals surface area contributed by atoms with Gasteiger partial charge in [0.2, 0.25) is 5.91 Å². The molecule has 2 heterocycles. The number of halogens is 2. The summed E-state index contributed by atoms with van der Waals surface area (Å²) >= 11 is 0. The van der Waals surface area contributed by atoms with Crippen LogP contribution in [0.15, 0.2) is 27.8 Å². The van der Waals surface area contributed by atoms with Crippen LogP contribution in [0.2, 0.25) is 0 Å². The normalized spacial score (nSPS) is 16.8. The molecule has 1 aromatic carbocycles. The van der Waals surface area contributed by atoms with Crippen molar-refractivity contribution in [3.05, 3.63) is 61.8 Å². The van der Waals surface area contributed by atoms with Gasteiger partial charge in [-0.05, 0) is 44.0 Å². The van der Waals surface area contributed by atoms with E-state index in [-0.39, 0.29) is 36.6 Å². The predicted octanol–water partition coefficient (Wildman–Crippen LogP) is 0.461. The summed E-state index contributed by atoms with van der Waals surface area (Å²) in [5.41, 5.74) is 9.75. The Morgan fingerprint density at radius 1 is 1.12 bits per heavy atom. The zero-order valence-electron chi connectivity index (χ0n) is 17.6. The van der Waals surface area contributed by atoms with Gasteiger partial charge in [0, 0.05) is 6.54 Å². The highest BCUT2D eigenvalue weighted by atomic mass is 19.2. The standard InChI is InChI=1S/C21H25F2N5O4/c1-2-27-20(31)17(16(29)11-26-8-4-3-5-15(26)19(25)30)18(24)28(21(27)32)10-12-6-7-13(22)14(23)9-12/h6-7,9,15H,2-5,8,10-11,24H2,1H3,(H2,25,30). The molecule has 1 aliphatic heterocycles. The number of amides is 1. The Labute approximate surface area is 182 Å². The number of carbonyl (C=O) groups is 2. The summed E-state index contributed by atoms with van der Waals surface area (Å²) in [6.45, 7) is 1.46. The van der Waals surface area contributed by atoms with Crippen LogP contribution in [0.5, 0.6) is 0 Å². The minimum atomic E-state index is -1.10. The monoisotopic (exact) mass is 449 g/mol. The van der Waals surface area contributed by atoms with Crippen molar-refractivity contribution < 1.29 is 18.4 Å². The van der Waals surface area contributed by atoms with Crippen molar-refractivity contribution in [1.82, 2.24) is 14.0 Å².